The van der Waals surface area contributed by atoms with Gasteiger partial charge in [-0.25, -0.2) is 9.37 Å². The van der Waals surface area contributed by atoms with Crippen molar-refractivity contribution < 1.29 is 14.3 Å². The molecule has 2 heterocycles. The van der Waals surface area contributed by atoms with Gasteiger partial charge in [0.25, 0.3) is 5.56 Å². The van der Waals surface area contributed by atoms with Crippen LogP contribution in [-0.4, -0.2) is 20.6 Å². The Morgan fingerprint density at radius 1 is 1.50 bits per heavy atom. The number of carboxylic acid groups (broad SMARTS) is 1. The maximum atomic E-state index is 13.9. The third-order valence-electron chi connectivity index (χ3n) is 3.04. The predicted octanol–water partition coefficient (Wildman–Crippen LogP) is 2.14. The van der Waals surface area contributed by atoms with Gasteiger partial charge in [-0.1, -0.05) is 6.07 Å². The largest absolute Gasteiger partial charge is 0.480 e. The molecule has 5 nitrogen and oxygen atoms in total. The summed E-state index contributed by atoms with van der Waals surface area (Å²) in [5.41, 5.74) is -0.150. The van der Waals surface area contributed by atoms with Gasteiger partial charge in [0.05, 0.1) is 10.9 Å². The zero-order chi connectivity index (χ0) is 14.4. The maximum Gasteiger partial charge on any atom is 0.323 e. The molecule has 20 heavy (non-hydrogen) atoms. The second-order valence-electron chi connectivity index (χ2n) is 4.34. The van der Waals surface area contributed by atoms with E-state index in [1.807, 2.05) is 0 Å². The Balaban J connectivity index is 2.46. The fourth-order valence-electron chi connectivity index (χ4n) is 2.16. The third-order valence-corrected chi connectivity index (χ3v) is 4.17. The highest BCUT2D eigenvalue weighted by Gasteiger charge is 2.17. The second kappa shape index (κ2) is 4.38. The van der Waals surface area contributed by atoms with Crippen LogP contribution in [0.4, 0.5) is 4.39 Å². The number of thiophene rings is 1. The minimum Gasteiger partial charge on any atom is -0.480 e. The molecule has 0 saturated carbocycles. The molecule has 0 fully saturated rings. The first-order chi connectivity index (χ1) is 9.49. The van der Waals surface area contributed by atoms with Gasteiger partial charge in [0, 0.05) is 4.70 Å². The minimum atomic E-state index is -1.12. The van der Waals surface area contributed by atoms with Gasteiger partial charge in [-0.05, 0) is 19.1 Å². The molecule has 7 heteroatoms. The number of hydrogen-bond donors (Lipinski definition) is 1. The maximum absolute atomic E-state index is 13.9. The van der Waals surface area contributed by atoms with Crippen molar-refractivity contribution in [1.29, 1.82) is 0 Å². The van der Waals surface area contributed by atoms with E-state index in [0.29, 0.717) is 15.6 Å². The predicted molar refractivity (Wildman–Crippen MR) is 73.7 cm³/mol. The van der Waals surface area contributed by atoms with Crippen LogP contribution < -0.4 is 5.56 Å². The summed E-state index contributed by atoms with van der Waals surface area (Å²) in [7, 11) is 0. The molecule has 0 aliphatic heterocycles. The minimum absolute atomic E-state index is 0.257. The van der Waals surface area contributed by atoms with Gasteiger partial charge in [-0.15, -0.1) is 11.3 Å². The van der Waals surface area contributed by atoms with E-state index < -0.39 is 23.9 Å². The summed E-state index contributed by atoms with van der Waals surface area (Å²) in [6, 6.07) is 4.59. The molecule has 3 aromatic rings. The lowest BCUT2D eigenvalue weighted by molar-refractivity contribution is -0.137. The number of fused-ring (bicyclic) bond motifs is 3. The smallest absolute Gasteiger partial charge is 0.323 e. The quantitative estimate of drug-likeness (QED) is 0.785. The van der Waals surface area contributed by atoms with Crippen molar-refractivity contribution in [2.24, 2.45) is 0 Å². The molecule has 0 atom stereocenters. The Bertz CT molecular complexity index is 913. The molecular formula is C13H9FN2O3S. The van der Waals surface area contributed by atoms with Crippen LogP contribution in [0, 0.1) is 12.7 Å². The average molecular weight is 292 g/mol. The molecule has 0 saturated heterocycles. The molecule has 1 aromatic carbocycles. The summed E-state index contributed by atoms with van der Waals surface area (Å²) in [6.07, 6.45) is 0. The highest BCUT2D eigenvalue weighted by atomic mass is 32.1. The van der Waals surface area contributed by atoms with Crippen molar-refractivity contribution in [1.82, 2.24) is 9.55 Å². The second-order valence-corrected chi connectivity index (χ2v) is 5.39. The molecule has 0 unspecified atom stereocenters. The molecule has 102 valence electrons. The molecule has 1 N–H and O–H groups in total. The summed E-state index contributed by atoms with van der Waals surface area (Å²) < 4.78 is 15.9. The van der Waals surface area contributed by atoms with Crippen LogP contribution in [0.5, 0.6) is 0 Å². The van der Waals surface area contributed by atoms with Crippen LogP contribution in [0.2, 0.25) is 0 Å². The molecule has 3 rings (SSSR count). The molecule has 2 aromatic heterocycles. The van der Waals surface area contributed by atoms with Crippen LogP contribution in [0.3, 0.4) is 0 Å². The van der Waals surface area contributed by atoms with Gasteiger partial charge in [0.15, 0.2) is 0 Å². The van der Waals surface area contributed by atoms with Crippen LogP contribution in [0.15, 0.2) is 23.0 Å². The van der Waals surface area contributed by atoms with Crippen LogP contribution in [0.1, 0.15) is 5.82 Å². The van der Waals surface area contributed by atoms with E-state index in [4.69, 9.17) is 5.11 Å². The number of aryl methyl sites for hydroxylation is 1. The average Bonchev–Trinajstić information content (AvgIpc) is 2.74. The van der Waals surface area contributed by atoms with Gasteiger partial charge >= 0.3 is 5.97 Å². The first-order valence-corrected chi connectivity index (χ1v) is 6.60. The van der Waals surface area contributed by atoms with Gasteiger partial charge in [-0.3, -0.25) is 14.2 Å². The number of aromatic nitrogens is 2. The summed E-state index contributed by atoms with van der Waals surface area (Å²) in [5.74, 6) is -1.30. The van der Waals surface area contributed by atoms with Crippen molar-refractivity contribution >= 4 is 37.6 Å². The van der Waals surface area contributed by atoms with Crippen molar-refractivity contribution in [2.45, 2.75) is 13.5 Å². The molecule has 0 aliphatic carbocycles. The number of hydrogen-bond acceptors (Lipinski definition) is 4. The number of benzene rings is 1. The number of rotatable bonds is 2. The van der Waals surface area contributed by atoms with Crippen molar-refractivity contribution in [2.75, 3.05) is 0 Å². The van der Waals surface area contributed by atoms with Crippen molar-refractivity contribution in [3.8, 4) is 0 Å². The number of aliphatic carboxylic acids is 1. The van der Waals surface area contributed by atoms with E-state index in [2.05, 4.69) is 4.98 Å². The Kier molecular flexibility index (Phi) is 2.79. The molecule has 0 spiro atoms. The Labute approximate surface area is 115 Å². The van der Waals surface area contributed by atoms with E-state index in [9.17, 15) is 14.0 Å². The van der Waals surface area contributed by atoms with Gasteiger partial charge in [0.2, 0.25) is 0 Å². The van der Waals surface area contributed by atoms with E-state index in [-0.39, 0.29) is 10.5 Å². The monoisotopic (exact) mass is 292 g/mol. The molecule has 0 amide bonds. The van der Waals surface area contributed by atoms with Crippen LogP contribution >= 0.6 is 11.3 Å². The molecule has 0 bridgehead atoms. The summed E-state index contributed by atoms with van der Waals surface area (Å²) >= 11 is 1.12. The Hall–Kier alpha value is -2.28. The summed E-state index contributed by atoms with van der Waals surface area (Å²) in [4.78, 5) is 27.3. The van der Waals surface area contributed by atoms with Crippen LogP contribution in [-0.2, 0) is 11.3 Å². The standard InChI is InChI=1S/C13H9FN2O3S/c1-6-15-11-10-7(14)3-2-4-8(10)20-12(11)13(19)16(6)5-9(17)18/h2-4H,5H2,1H3,(H,17,18). The zero-order valence-electron chi connectivity index (χ0n) is 10.4. The zero-order valence-corrected chi connectivity index (χ0v) is 11.2. The third kappa shape index (κ3) is 1.78. The number of carboxylic acids is 1. The molecule has 0 aliphatic rings. The fraction of sp³-hybridized carbons (Fsp3) is 0.154. The lowest BCUT2D eigenvalue weighted by Crippen LogP contribution is -2.26. The number of nitrogens with zero attached hydrogens (tertiary/aromatic N) is 2. The highest BCUT2D eigenvalue weighted by Crippen LogP contribution is 2.32. The highest BCUT2D eigenvalue weighted by molar-refractivity contribution is 7.25. The van der Waals surface area contributed by atoms with Gasteiger partial charge in [0.1, 0.15) is 22.9 Å². The number of carbonyl (C=O) groups is 1. The van der Waals surface area contributed by atoms with E-state index in [1.54, 1.807) is 12.1 Å². The molecule has 0 radical (unpaired) electrons. The van der Waals surface area contributed by atoms with Gasteiger partial charge in [-0.2, -0.15) is 0 Å². The Morgan fingerprint density at radius 2 is 2.25 bits per heavy atom. The van der Waals surface area contributed by atoms with E-state index >= 15 is 0 Å². The summed E-state index contributed by atoms with van der Waals surface area (Å²) in [6.45, 7) is 1.08. The Morgan fingerprint density at radius 3 is 2.95 bits per heavy atom. The normalized spacial score (nSPS) is 11.3. The SMILES string of the molecule is Cc1nc2c(sc3cccc(F)c32)c(=O)n1CC(=O)O. The lowest BCUT2D eigenvalue weighted by atomic mass is 10.2. The fourth-order valence-corrected chi connectivity index (χ4v) is 3.26. The topological polar surface area (TPSA) is 72.2 Å². The first kappa shape index (κ1) is 12.7. The van der Waals surface area contributed by atoms with Crippen LogP contribution in [0.25, 0.3) is 20.3 Å². The van der Waals surface area contributed by atoms with Gasteiger partial charge < -0.3 is 5.11 Å². The lowest BCUT2D eigenvalue weighted by Gasteiger charge is -2.06. The molecular weight excluding hydrogens is 283 g/mol. The summed E-state index contributed by atoms with van der Waals surface area (Å²) in [5, 5.41) is 9.14. The number of halogens is 1. The van der Waals surface area contributed by atoms with Crippen molar-refractivity contribution in [3.63, 3.8) is 0 Å². The van der Waals surface area contributed by atoms with E-state index in [0.717, 1.165) is 15.9 Å². The van der Waals surface area contributed by atoms with E-state index in [1.165, 1.54) is 13.0 Å². The van der Waals surface area contributed by atoms with Crippen molar-refractivity contribution in [3.05, 3.63) is 40.2 Å². The first-order valence-electron chi connectivity index (χ1n) is 5.79.